The van der Waals surface area contributed by atoms with Crippen LogP contribution < -0.4 is 0 Å². The number of unbranched alkanes of at least 4 members (excludes halogenated alkanes) is 6. The Labute approximate surface area is 123 Å². The molecule has 1 fully saturated rings. The van der Waals surface area contributed by atoms with Crippen LogP contribution in [0, 0.1) is 11.8 Å². The number of hydrogen-bond acceptors (Lipinski definition) is 2. The van der Waals surface area contributed by atoms with Crippen molar-refractivity contribution >= 4 is 0 Å². The van der Waals surface area contributed by atoms with Crippen LogP contribution in [0.4, 0.5) is 4.39 Å². The summed E-state index contributed by atoms with van der Waals surface area (Å²) >= 11 is 0. The van der Waals surface area contributed by atoms with Crippen LogP contribution in [-0.4, -0.2) is 26.2 Å². The predicted octanol–water partition coefficient (Wildman–Crippen LogP) is 4.62. The van der Waals surface area contributed by atoms with Gasteiger partial charge in [0.15, 0.2) is 6.29 Å². The van der Waals surface area contributed by atoms with Gasteiger partial charge in [-0.1, -0.05) is 25.7 Å². The fraction of sp³-hybridized carbons (Fsp3) is 0.882. The van der Waals surface area contributed by atoms with Gasteiger partial charge in [-0.05, 0) is 32.1 Å². The molecule has 1 atom stereocenters. The Balaban J connectivity index is 1.80. The van der Waals surface area contributed by atoms with Gasteiger partial charge in [0.05, 0.1) is 13.3 Å². The first-order valence-corrected chi connectivity index (χ1v) is 8.18. The summed E-state index contributed by atoms with van der Waals surface area (Å²) in [5.41, 5.74) is 0. The number of hydrogen-bond donors (Lipinski definition) is 0. The topological polar surface area (TPSA) is 18.5 Å². The highest BCUT2D eigenvalue weighted by atomic mass is 19.1. The van der Waals surface area contributed by atoms with Crippen LogP contribution in [0.25, 0.3) is 0 Å². The second-order valence-electron chi connectivity index (χ2n) is 5.33. The second-order valence-corrected chi connectivity index (χ2v) is 5.33. The quantitative estimate of drug-likeness (QED) is 0.430. The van der Waals surface area contributed by atoms with Crippen molar-refractivity contribution in [3.05, 3.63) is 0 Å². The maximum absolute atomic E-state index is 11.9. The summed E-state index contributed by atoms with van der Waals surface area (Å²) in [6, 6.07) is 0. The molecule has 1 saturated heterocycles. The lowest BCUT2D eigenvalue weighted by Crippen LogP contribution is -2.22. The molecule has 0 aromatic carbocycles. The molecule has 1 aliphatic heterocycles. The minimum absolute atomic E-state index is 0.00914. The molecule has 0 aliphatic carbocycles. The fourth-order valence-electron chi connectivity index (χ4n) is 2.28. The molecule has 0 saturated carbocycles. The second kappa shape index (κ2) is 13.4. The van der Waals surface area contributed by atoms with E-state index in [2.05, 4.69) is 11.8 Å². The van der Waals surface area contributed by atoms with Crippen molar-refractivity contribution in [1.82, 2.24) is 0 Å². The fourth-order valence-corrected chi connectivity index (χ4v) is 2.28. The minimum atomic E-state index is -0.167. The van der Waals surface area contributed by atoms with Crippen molar-refractivity contribution in [2.45, 2.75) is 76.9 Å². The zero-order valence-electron chi connectivity index (χ0n) is 12.7. The molecule has 1 heterocycles. The highest BCUT2D eigenvalue weighted by Gasteiger charge is 2.12. The summed E-state index contributed by atoms with van der Waals surface area (Å²) in [7, 11) is 0. The lowest BCUT2D eigenvalue weighted by molar-refractivity contribution is -0.161. The maximum atomic E-state index is 11.9. The van der Waals surface area contributed by atoms with Gasteiger partial charge >= 0.3 is 0 Å². The molecular formula is C17H29FO2. The van der Waals surface area contributed by atoms with Gasteiger partial charge in [0.25, 0.3) is 0 Å². The average Bonchev–Trinajstić information content (AvgIpc) is 2.49. The average molecular weight is 284 g/mol. The van der Waals surface area contributed by atoms with Crippen LogP contribution in [-0.2, 0) is 9.47 Å². The number of ether oxygens (including phenoxy) is 2. The van der Waals surface area contributed by atoms with E-state index in [1.807, 2.05) is 0 Å². The highest BCUT2D eigenvalue weighted by Crippen LogP contribution is 2.13. The van der Waals surface area contributed by atoms with Crippen molar-refractivity contribution in [2.24, 2.45) is 0 Å². The molecule has 0 N–H and O–H groups in total. The highest BCUT2D eigenvalue weighted by molar-refractivity contribution is 4.98. The lowest BCUT2D eigenvalue weighted by Gasteiger charge is -2.22. The van der Waals surface area contributed by atoms with E-state index in [4.69, 9.17) is 9.47 Å². The Bertz CT molecular complexity index is 264. The Morgan fingerprint density at radius 3 is 2.45 bits per heavy atom. The van der Waals surface area contributed by atoms with Gasteiger partial charge in [-0.2, -0.15) is 0 Å². The van der Waals surface area contributed by atoms with E-state index in [0.29, 0.717) is 6.61 Å². The smallest absolute Gasteiger partial charge is 0.157 e. The normalized spacial score (nSPS) is 18.6. The standard InChI is InChI=1S/C17H29FO2/c18-14-10-7-5-3-1-2-4-6-8-11-15-19-17-13-9-12-16-20-17/h17H,1-5,7,9-16H2. The Kier molecular flexibility index (Phi) is 11.7. The molecule has 0 radical (unpaired) electrons. The summed E-state index contributed by atoms with van der Waals surface area (Å²) in [5.74, 6) is 6.35. The third-order valence-corrected chi connectivity index (χ3v) is 3.48. The summed E-state index contributed by atoms with van der Waals surface area (Å²) in [6.45, 7) is 1.35. The van der Waals surface area contributed by atoms with Gasteiger partial charge in [-0.25, -0.2) is 0 Å². The van der Waals surface area contributed by atoms with E-state index in [-0.39, 0.29) is 13.0 Å². The number of alkyl halides is 1. The molecule has 1 unspecified atom stereocenters. The Hall–Kier alpha value is -0.590. The predicted molar refractivity (Wildman–Crippen MR) is 80.2 cm³/mol. The summed E-state index contributed by atoms with van der Waals surface area (Å²) in [5, 5.41) is 0. The Morgan fingerprint density at radius 2 is 1.70 bits per heavy atom. The lowest BCUT2D eigenvalue weighted by atomic mass is 10.1. The van der Waals surface area contributed by atoms with E-state index < -0.39 is 0 Å². The first-order valence-electron chi connectivity index (χ1n) is 8.18. The number of rotatable bonds is 10. The molecular weight excluding hydrogens is 255 g/mol. The maximum Gasteiger partial charge on any atom is 0.157 e. The van der Waals surface area contributed by atoms with Crippen LogP contribution in [0.3, 0.4) is 0 Å². The molecule has 0 aromatic rings. The van der Waals surface area contributed by atoms with Crippen LogP contribution in [0.15, 0.2) is 0 Å². The molecule has 0 aromatic heterocycles. The monoisotopic (exact) mass is 284 g/mol. The van der Waals surface area contributed by atoms with Crippen LogP contribution in [0.2, 0.25) is 0 Å². The molecule has 0 spiro atoms. The molecule has 20 heavy (non-hydrogen) atoms. The van der Waals surface area contributed by atoms with Crippen LogP contribution in [0.1, 0.15) is 70.6 Å². The van der Waals surface area contributed by atoms with E-state index in [9.17, 15) is 4.39 Å². The molecule has 2 nitrogen and oxygen atoms in total. The molecule has 1 rings (SSSR count). The number of halogens is 1. The van der Waals surface area contributed by atoms with E-state index >= 15 is 0 Å². The summed E-state index contributed by atoms with van der Waals surface area (Å²) in [6.07, 6.45) is 11.7. The first kappa shape index (κ1) is 17.5. The molecule has 116 valence electrons. The summed E-state index contributed by atoms with van der Waals surface area (Å²) in [4.78, 5) is 0. The van der Waals surface area contributed by atoms with Gasteiger partial charge in [0.2, 0.25) is 0 Å². The third kappa shape index (κ3) is 10.2. The summed E-state index contributed by atoms with van der Waals surface area (Å²) < 4.78 is 22.9. The van der Waals surface area contributed by atoms with Gasteiger partial charge in [0.1, 0.15) is 0 Å². The van der Waals surface area contributed by atoms with Gasteiger partial charge < -0.3 is 9.47 Å². The van der Waals surface area contributed by atoms with Crippen molar-refractivity contribution in [1.29, 1.82) is 0 Å². The van der Waals surface area contributed by atoms with Crippen molar-refractivity contribution in [3.8, 4) is 11.8 Å². The first-order chi connectivity index (χ1) is 9.93. The zero-order valence-corrected chi connectivity index (χ0v) is 12.7. The van der Waals surface area contributed by atoms with E-state index in [0.717, 1.165) is 58.0 Å². The molecule has 1 aliphatic rings. The van der Waals surface area contributed by atoms with Crippen molar-refractivity contribution in [3.63, 3.8) is 0 Å². The molecule has 3 heteroatoms. The van der Waals surface area contributed by atoms with Crippen molar-refractivity contribution < 1.29 is 13.9 Å². The van der Waals surface area contributed by atoms with Crippen molar-refractivity contribution in [2.75, 3.05) is 19.9 Å². The SMILES string of the molecule is FCCCCCCCCC#CCCOC1CCCCO1. The van der Waals surface area contributed by atoms with Gasteiger partial charge in [0, 0.05) is 19.4 Å². The molecule has 0 bridgehead atoms. The molecule has 0 amide bonds. The third-order valence-electron chi connectivity index (χ3n) is 3.48. The zero-order chi connectivity index (χ0) is 14.3. The van der Waals surface area contributed by atoms with E-state index in [1.54, 1.807) is 0 Å². The van der Waals surface area contributed by atoms with Crippen LogP contribution in [0.5, 0.6) is 0 Å². The van der Waals surface area contributed by atoms with Gasteiger partial charge in [-0.3, -0.25) is 4.39 Å². The Morgan fingerprint density at radius 1 is 0.950 bits per heavy atom. The van der Waals surface area contributed by atoms with E-state index in [1.165, 1.54) is 19.3 Å². The van der Waals surface area contributed by atoms with Crippen LogP contribution >= 0.6 is 0 Å². The largest absolute Gasteiger partial charge is 0.353 e. The minimum Gasteiger partial charge on any atom is -0.353 e. The van der Waals surface area contributed by atoms with Gasteiger partial charge in [-0.15, -0.1) is 11.8 Å².